The lowest BCUT2D eigenvalue weighted by Gasteiger charge is -2.07. The molecule has 0 radical (unpaired) electrons. The van der Waals surface area contributed by atoms with E-state index in [0.717, 1.165) is 12.1 Å². The van der Waals surface area contributed by atoms with Crippen molar-refractivity contribution < 1.29 is 27.9 Å². The van der Waals surface area contributed by atoms with Gasteiger partial charge in [0.25, 0.3) is 5.91 Å². The fourth-order valence-corrected chi connectivity index (χ4v) is 2.86. The number of anilines is 1. The minimum absolute atomic E-state index is 0.139. The number of furan rings is 1. The number of carbonyl (C=O) groups is 2. The predicted molar refractivity (Wildman–Crippen MR) is 98.6 cm³/mol. The van der Waals surface area contributed by atoms with Gasteiger partial charge in [0.15, 0.2) is 5.76 Å². The average Bonchev–Trinajstić information content (AvgIpc) is 3.09. The number of nitrogens with one attached hydrogen (secondary N) is 1. The van der Waals surface area contributed by atoms with Gasteiger partial charge in [-0.15, -0.1) is 0 Å². The Morgan fingerprint density at radius 1 is 1.04 bits per heavy atom. The predicted octanol–water partition coefficient (Wildman–Crippen LogP) is 4.68. The van der Waals surface area contributed by atoms with E-state index in [4.69, 9.17) is 21.1 Å². The molecule has 0 saturated heterocycles. The molecule has 0 aliphatic rings. The number of para-hydroxylation sites is 1. The van der Waals surface area contributed by atoms with Crippen LogP contribution in [0.2, 0.25) is 5.02 Å². The Labute approximate surface area is 163 Å². The maximum absolute atomic E-state index is 13.7. The van der Waals surface area contributed by atoms with Gasteiger partial charge in [0.2, 0.25) is 0 Å². The highest BCUT2D eigenvalue weighted by atomic mass is 35.5. The van der Waals surface area contributed by atoms with E-state index in [-0.39, 0.29) is 18.6 Å². The molecule has 0 bridgehead atoms. The molecule has 1 amide bonds. The molecule has 3 aromatic rings. The van der Waals surface area contributed by atoms with Crippen molar-refractivity contribution in [3.63, 3.8) is 0 Å². The van der Waals surface area contributed by atoms with Crippen molar-refractivity contribution in [2.24, 2.45) is 0 Å². The van der Waals surface area contributed by atoms with Gasteiger partial charge in [0.1, 0.15) is 23.1 Å². The smallest absolute Gasteiger partial charge is 0.307 e. The zero-order chi connectivity index (χ0) is 20.3. The summed E-state index contributed by atoms with van der Waals surface area (Å²) in [5.74, 6) is -3.38. The number of rotatable bonds is 6. The van der Waals surface area contributed by atoms with Gasteiger partial charge >= 0.3 is 5.97 Å². The molecule has 1 heterocycles. The van der Waals surface area contributed by atoms with Gasteiger partial charge in [0, 0.05) is 11.4 Å². The second-order valence-corrected chi connectivity index (χ2v) is 6.41. The summed E-state index contributed by atoms with van der Waals surface area (Å²) in [6.45, 7) is 0. The van der Waals surface area contributed by atoms with Crippen LogP contribution in [0.15, 0.2) is 52.9 Å². The quantitative estimate of drug-likeness (QED) is 0.624. The molecule has 2 N–H and O–H groups in total. The highest BCUT2D eigenvalue weighted by Crippen LogP contribution is 2.23. The minimum Gasteiger partial charge on any atom is -0.481 e. The number of hydrogen-bond donors (Lipinski definition) is 2. The van der Waals surface area contributed by atoms with Gasteiger partial charge in [-0.1, -0.05) is 23.7 Å². The Kier molecular flexibility index (Phi) is 5.75. The Balaban J connectivity index is 1.78. The molecule has 1 aromatic heterocycles. The molecule has 0 saturated carbocycles. The Morgan fingerprint density at radius 2 is 1.75 bits per heavy atom. The first-order chi connectivity index (χ1) is 13.3. The topological polar surface area (TPSA) is 79.5 Å². The first-order valence-corrected chi connectivity index (χ1v) is 8.54. The molecular weight excluding hydrogens is 392 g/mol. The van der Waals surface area contributed by atoms with E-state index in [9.17, 15) is 18.4 Å². The molecule has 0 aliphatic carbocycles. The lowest BCUT2D eigenvalue weighted by atomic mass is 10.0. The highest BCUT2D eigenvalue weighted by molar-refractivity contribution is 6.30. The van der Waals surface area contributed by atoms with Crippen LogP contribution in [0.3, 0.4) is 0 Å². The number of hydrogen-bond acceptors (Lipinski definition) is 3. The summed E-state index contributed by atoms with van der Waals surface area (Å²) in [6.07, 6.45) is 0.0115. The van der Waals surface area contributed by atoms with Crippen LogP contribution in [0.4, 0.5) is 14.5 Å². The summed E-state index contributed by atoms with van der Waals surface area (Å²) >= 11 is 5.98. The molecule has 5 nitrogen and oxygen atoms in total. The Morgan fingerprint density at radius 3 is 2.43 bits per heavy atom. The lowest BCUT2D eigenvalue weighted by molar-refractivity contribution is -0.136. The summed E-state index contributed by atoms with van der Waals surface area (Å²) in [5.41, 5.74) is 0.633. The molecule has 0 unspecified atom stereocenters. The van der Waals surface area contributed by atoms with Crippen molar-refractivity contribution in [2.75, 3.05) is 5.32 Å². The third-order valence-corrected chi connectivity index (χ3v) is 4.20. The monoisotopic (exact) mass is 405 g/mol. The second-order valence-electron chi connectivity index (χ2n) is 5.98. The van der Waals surface area contributed by atoms with Crippen molar-refractivity contribution in [1.29, 1.82) is 0 Å². The van der Waals surface area contributed by atoms with Gasteiger partial charge in [-0.3, -0.25) is 9.59 Å². The van der Waals surface area contributed by atoms with Gasteiger partial charge in [0.05, 0.1) is 6.42 Å². The van der Waals surface area contributed by atoms with Crippen molar-refractivity contribution in [1.82, 2.24) is 0 Å². The summed E-state index contributed by atoms with van der Waals surface area (Å²) < 4.78 is 32.8. The molecule has 2 aromatic carbocycles. The molecule has 0 atom stereocenters. The van der Waals surface area contributed by atoms with Crippen molar-refractivity contribution in [3.8, 4) is 0 Å². The zero-order valence-electron chi connectivity index (χ0n) is 14.3. The van der Waals surface area contributed by atoms with Gasteiger partial charge in [-0.05, 0) is 47.5 Å². The summed E-state index contributed by atoms with van der Waals surface area (Å²) in [4.78, 5) is 23.2. The van der Waals surface area contributed by atoms with Crippen LogP contribution in [-0.2, 0) is 17.6 Å². The molecule has 3 rings (SSSR count). The molecule has 28 heavy (non-hydrogen) atoms. The number of carbonyl (C=O) groups excluding carboxylic acids is 1. The van der Waals surface area contributed by atoms with Crippen LogP contribution >= 0.6 is 11.6 Å². The molecule has 0 aliphatic heterocycles. The van der Waals surface area contributed by atoms with Crippen LogP contribution < -0.4 is 5.32 Å². The van der Waals surface area contributed by atoms with E-state index in [1.807, 2.05) is 0 Å². The van der Waals surface area contributed by atoms with E-state index in [1.165, 1.54) is 18.2 Å². The maximum atomic E-state index is 13.7. The first kappa shape index (κ1) is 19.6. The zero-order valence-corrected chi connectivity index (χ0v) is 15.1. The Bertz CT molecular complexity index is 1030. The molecule has 0 spiro atoms. The standard InChI is InChI=1S/C20H14ClF2NO4/c21-13-5-4-11(10-18(25)26)12(8-13)9-14-6-7-17(28-14)20(27)24-19-15(22)2-1-3-16(19)23/h1-8H,9-10H2,(H,24,27)(H,25,26). The van der Waals surface area contributed by atoms with Gasteiger partial charge in [-0.2, -0.15) is 0 Å². The van der Waals surface area contributed by atoms with E-state index in [0.29, 0.717) is 21.9 Å². The molecule has 144 valence electrons. The number of halogens is 3. The van der Waals surface area contributed by atoms with Crippen LogP contribution in [-0.4, -0.2) is 17.0 Å². The average molecular weight is 406 g/mol. The third-order valence-electron chi connectivity index (χ3n) is 3.96. The van der Waals surface area contributed by atoms with E-state index in [1.54, 1.807) is 18.2 Å². The van der Waals surface area contributed by atoms with Crippen LogP contribution in [0.25, 0.3) is 0 Å². The fraction of sp³-hybridized carbons (Fsp3) is 0.100. The fourth-order valence-electron chi connectivity index (χ4n) is 2.67. The normalized spacial score (nSPS) is 10.7. The largest absolute Gasteiger partial charge is 0.481 e. The second kappa shape index (κ2) is 8.22. The lowest BCUT2D eigenvalue weighted by Crippen LogP contribution is -2.13. The van der Waals surface area contributed by atoms with Crippen molar-refractivity contribution >= 4 is 29.2 Å². The van der Waals surface area contributed by atoms with Gasteiger partial charge < -0.3 is 14.8 Å². The van der Waals surface area contributed by atoms with Crippen LogP contribution in [0.1, 0.15) is 27.4 Å². The van der Waals surface area contributed by atoms with Crippen LogP contribution in [0, 0.1) is 11.6 Å². The molecule has 0 fully saturated rings. The SMILES string of the molecule is O=C(O)Cc1ccc(Cl)cc1Cc1ccc(C(=O)Nc2c(F)cccc2F)o1. The number of carboxylic acids is 1. The third kappa shape index (κ3) is 4.55. The van der Waals surface area contributed by atoms with Crippen molar-refractivity contribution in [2.45, 2.75) is 12.8 Å². The van der Waals surface area contributed by atoms with Crippen molar-refractivity contribution in [3.05, 3.63) is 87.8 Å². The number of amides is 1. The maximum Gasteiger partial charge on any atom is 0.307 e. The van der Waals surface area contributed by atoms with Gasteiger partial charge in [-0.25, -0.2) is 8.78 Å². The van der Waals surface area contributed by atoms with Crippen LogP contribution in [0.5, 0.6) is 0 Å². The number of benzene rings is 2. The number of carboxylic acid groups (broad SMARTS) is 1. The highest BCUT2D eigenvalue weighted by Gasteiger charge is 2.17. The summed E-state index contributed by atoms with van der Waals surface area (Å²) in [6, 6.07) is 11.0. The molecular formula is C20H14ClF2NO4. The minimum atomic E-state index is -0.991. The number of aliphatic carboxylic acids is 1. The van der Waals surface area contributed by atoms with E-state index < -0.39 is 29.2 Å². The summed E-state index contributed by atoms with van der Waals surface area (Å²) in [7, 11) is 0. The Hall–Kier alpha value is -3.19. The summed E-state index contributed by atoms with van der Waals surface area (Å²) in [5, 5.41) is 11.6. The molecule has 8 heteroatoms. The first-order valence-electron chi connectivity index (χ1n) is 8.16. The van der Waals surface area contributed by atoms with E-state index >= 15 is 0 Å². The van der Waals surface area contributed by atoms with E-state index in [2.05, 4.69) is 5.32 Å².